The molecule has 0 aromatic carbocycles. The van der Waals surface area contributed by atoms with Crippen LogP contribution in [0.15, 0.2) is 12.3 Å². The third-order valence-electron chi connectivity index (χ3n) is 3.03. The molecule has 1 aromatic rings. The molecule has 0 bridgehead atoms. The normalized spacial score (nSPS) is 10.7. The highest BCUT2D eigenvalue weighted by Crippen LogP contribution is 2.07. The molecule has 19 heavy (non-hydrogen) atoms. The lowest BCUT2D eigenvalue weighted by Crippen LogP contribution is -2.38. The highest BCUT2D eigenvalue weighted by Gasteiger charge is 2.18. The van der Waals surface area contributed by atoms with Gasteiger partial charge in [0.1, 0.15) is 0 Å². The van der Waals surface area contributed by atoms with Crippen molar-refractivity contribution in [1.29, 1.82) is 0 Å². The third kappa shape index (κ3) is 4.73. The first kappa shape index (κ1) is 15.2. The Hall–Kier alpha value is -1.85. The second kappa shape index (κ2) is 6.92. The number of carboxylic acids is 1. The van der Waals surface area contributed by atoms with Gasteiger partial charge in [-0.3, -0.25) is 14.3 Å². The summed E-state index contributed by atoms with van der Waals surface area (Å²) in [6.07, 6.45) is 2.67. The van der Waals surface area contributed by atoms with Gasteiger partial charge >= 0.3 is 5.97 Å². The Balaban J connectivity index is 2.52. The first-order valence-corrected chi connectivity index (χ1v) is 6.40. The van der Waals surface area contributed by atoms with Gasteiger partial charge in [-0.15, -0.1) is 0 Å². The van der Waals surface area contributed by atoms with E-state index in [4.69, 9.17) is 5.11 Å². The molecule has 0 spiro atoms. The molecule has 1 heterocycles. The lowest BCUT2D eigenvalue weighted by Gasteiger charge is -2.26. The third-order valence-corrected chi connectivity index (χ3v) is 3.03. The van der Waals surface area contributed by atoms with E-state index < -0.39 is 5.97 Å². The number of hydrogen-bond acceptors (Lipinski definition) is 3. The van der Waals surface area contributed by atoms with Crippen LogP contribution >= 0.6 is 0 Å². The van der Waals surface area contributed by atoms with E-state index in [-0.39, 0.29) is 24.9 Å². The van der Waals surface area contributed by atoms with E-state index in [0.717, 1.165) is 5.69 Å². The second-order valence-electron chi connectivity index (χ2n) is 4.77. The summed E-state index contributed by atoms with van der Waals surface area (Å²) in [6.45, 7) is 4.05. The van der Waals surface area contributed by atoms with Crippen LogP contribution < -0.4 is 0 Å². The van der Waals surface area contributed by atoms with Crippen LogP contribution in [0.3, 0.4) is 0 Å². The SMILES string of the molecule is CC(C)N(CCC(=O)O)C(=O)CCc1ccnn1C. The van der Waals surface area contributed by atoms with Crippen LogP contribution in [0.4, 0.5) is 0 Å². The van der Waals surface area contributed by atoms with Crippen LogP contribution in [0.1, 0.15) is 32.4 Å². The standard InChI is InChI=1S/C13H21N3O3/c1-10(2)16(9-7-13(18)19)12(17)5-4-11-6-8-14-15(11)3/h6,8,10H,4-5,7,9H2,1-3H3,(H,18,19). The Bertz CT molecular complexity index is 440. The van der Waals surface area contributed by atoms with Gasteiger partial charge in [0.05, 0.1) is 6.42 Å². The van der Waals surface area contributed by atoms with Crippen molar-refractivity contribution in [2.24, 2.45) is 7.05 Å². The van der Waals surface area contributed by atoms with E-state index in [0.29, 0.717) is 12.8 Å². The summed E-state index contributed by atoms with van der Waals surface area (Å²) in [5.41, 5.74) is 0.996. The van der Waals surface area contributed by atoms with Crippen LogP contribution in [0.2, 0.25) is 0 Å². The van der Waals surface area contributed by atoms with Crippen LogP contribution in [-0.2, 0) is 23.1 Å². The van der Waals surface area contributed by atoms with Crippen LogP contribution in [0.5, 0.6) is 0 Å². The molecule has 0 unspecified atom stereocenters. The van der Waals surface area contributed by atoms with Gasteiger partial charge in [-0.1, -0.05) is 0 Å². The first-order valence-electron chi connectivity index (χ1n) is 6.40. The quantitative estimate of drug-likeness (QED) is 0.801. The Labute approximate surface area is 113 Å². The molecule has 0 saturated carbocycles. The van der Waals surface area contributed by atoms with Gasteiger partial charge in [0.25, 0.3) is 0 Å². The number of carbonyl (C=O) groups is 2. The maximum Gasteiger partial charge on any atom is 0.305 e. The fourth-order valence-electron chi connectivity index (χ4n) is 1.91. The lowest BCUT2D eigenvalue weighted by molar-refractivity contribution is -0.139. The molecule has 0 radical (unpaired) electrons. The largest absolute Gasteiger partial charge is 0.481 e. The number of aromatic nitrogens is 2. The molecule has 106 valence electrons. The molecule has 0 saturated heterocycles. The van der Waals surface area contributed by atoms with Crippen molar-refractivity contribution < 1.29 is 14.7 Å². The Kier molecular flexibility index (Phi) is 5.54. The molecular weight excluding hydrogens is 246 g/mol. The minimum atomic E-state index is -0.884. The smallest absolute Gasteiger partial charge is 0.305 e. The number of amides is 1. The van der Waals surface area contributed by atoms with Gasteiger partial charge in [0.15, 0.2) is 0 Å². The van der Waals surface area contributed by atoms with Crippen LogP contribution in [-0.4, -0.2) is 44.3 Å². The van der Waals surface area contributed by atoms with Gasteiger partial charge in [0.2, 0.25) is 5.91 Å². The summed E-state index contributed by atoms with van der Waals surface area (Å²) in [5.74, 6) is -0.900. The zero-order chi connectivity index (χ0) is 14.4. The van der Waals surface area contributed by atoms with Crippen LogP contribution in [0.25, 0.3) is 0 Å². The highest BCUT2D eigenvalue weighted by atomic mass is 16.4. The van der Waals surface area contributed by atoms with E-state index in [1.54, 1.807) is 15.8 Å². The number of carbonyl (C=O) groups excluding carboxylic acids is 1. The number of nitrogens with zero attached hydrogens (tertiary/aromatic N) is 3. The highest BCUT2D eigenvalue weighted by molar-refractivity contribution is 5.77. The van der Waals surface area contributed by atoms with Gasteiger partial charge < -0.3 is 10.0 Å². The van der Waals surface area contributed by atoms with Crippen molar-refractivity contribution in [1.82, 2.24) is 14.7 Å². The molecule has 1 amide bonds. The van der Waals surface area contributed by atoms with Crippen molar-refractivity contribution in [2.45, 2.75) is 39.2 Å². The summed E-state index contributed by atoms with van der Waals surface area (Å²) in [4.78, 5) is 24.3. The summed E-state index contributed by atoms with van der Waals surface area (Å²) >= 11 is 0. The topological polar surface area (TPSA) is 75.4 Å². The van der Waals surface area contributed by atoms with Gasteiger partial charge in [-0.25, -0.2) is 0 Å². The molecule has 6 heteroatoms. The van der Waals surface area contributed by atoms with Crippen molar-refractivity contribution in [2.75, 3.05) is 6.54 Å². The minimum Gasteiger partial charge on any atom is -0.481 e. The molecule has 1 aromatic heterocycles. The number of aliphatic carboxylic acids is 1. The molecule has 1 N–H and O–H groups in total. The average molecular weight is 267 g/mol. The van der Waals surface area contributed by atoms with E-state index in [1.807, 2.05) is 27.0 Å². The summed E-state index contributed by atoms with van der Waals surface area (Å²) in [5, 5.41) is 12.7. The predicted molar refractivity (Wildman–Crippen MR) is 70.6 cm³/mol. The van der Waals surface area contributed by atoms with E-state index in [1.165, 1.54) is 0 Å². The van der Waals surface area contributed by atoms with E-state index in [2.05, 4.69) is 5.10 Å². The molecule has 0 atom stereocenters. The Morgan fingerprint density at radius 3 is 2.58 bits per heavy atom. The molecule has 0 aliphatic heterocycles. The van der Waals surface area contributed by atoms with Crippen molar-refractivity contribution >= 4 is 11.9 Å². The fourth-order valence-corrected chi connectivity index (χ4v) is 1.91. The molecule has 0 aliphatic carbocycles. The van der Waals surface area contributed by atoms with Crippen molar-refractivity contribution in [3.8, 4) is 0 Å². The fraction of sp³-hybridized carbons (Fsp3) is 0.615. The second-order valence-corrected chi connectivity index (χ2v) is 4.77. The first-order chi connectivity index (χ1) is 8.91. The Morgan fingerprint density at radius 1 is 1.42 bits per heavy atom. The van der Waals surface area contributed by atoms with Crippen molar-refractivity contribution in [3.05, 3.63) is 18.0 Å². The maximum absolute atomic E-state index is 12.1. The van der Waals surface area contributed by atoms with Gasteiger partial charge in [-0.05, 0) is 26.3 Å². The zero-order valence-electron chi connectivity index (χ0n) is 11.7. The molecular formula is C13H21N3O3. The lowest BCUT2D eigenvalue weighted by atomic mass is 10.2. The van der Waals surface area contributed by atoms with Gasteiger partial charge in [-0.2, -0.15) is 5.10 Å². The number of hydrogen-bond donors (Lipinski definition) is 1. The summed E-state index contributed by atoms with van der Waals surface area (Å²) in [7, 11) is 1.84. The average Bonchev–Trinajstić information content (AvgIpc) is 2.71. The van der Waals surface area contributed by atoms with E-state index in [9.17, 15) is 9.59 Å². The van der Waals surface area contributed by atoms with Gasteiger partial charge in [0, 0.05) is 37.9 Å². The molecule has 6 nitrogen and oxygen atoms in total. The minimum absolute atomic E-state index is 0.0124. The predicted octanol–water partition coefficient (Wildman–Crippen LogP) is 1.06. The maximum atomic E-state index is 12.1. The zero-order valence-corrected chi connectivity index (χ0v) is 11.7. The monoisotopic (exact) mass is 267 g/mol. The summed E-state index contributed by atoms with van der Waals surface area (Å²) in [6, 6.07) is 1.89. The van der Waals surface area contributed by atoms with Crippen LogP contribution in [0, 0.1) is 0 Å². The molecule has 0 aliphatic rings. The number of carboxylic acid groups (broad SMARTS) is 1. The van der Waals surface area contributed by atoms with Crippen molar-refractivity contribution in [3.63, 3.8) is 0 Å². The van der Waals surface area contributed by atoms with E-state index >= 15 is 0 Å². The number of rotatable bonds is 7. The Morgan fingerprint density at radius 2 is 2.11 bits per heavy atom. The number of aryl methyl sites for hydroxylation is 2. The molecule has 1 rings (SSSR count). The molecule has 0 fully saturated rings. The summed E-state index contributed by atoms with van der Waals surface area (Å²) < 4.78 is 1.74.